The Labute approximate surface area is 158 Å². The summed E-state index contributed by atoms with van der Waals surface area (Å²) in [4.78, 5) is 22.7. The number of amides is 1. The molecule has 1 N–H and O–H groups in total. The molecule has 138 valence electrons. The minimum Gasteiger partial charge on any atom is -0.494 e. The highest BCUT2D eigenvalue weighted by Crippen LogP contribution is 2.18. The van der Waals surface area contributed by atoms with Crippen LogP contribution in [0.2, 0.25) is 0 Å². The van der Waals surface area contributed by atoms with Gasteiger partial charge in [-0.05, 0) is 36.8 Å². The van der Waals surface area contributed by atoms with E-state index in [1.165, 1.54) is 6.20 Å². The standard InChI is InChI=1S/C21H22N4O2/c1-3-27-18-11-9-17(10-12-18)24-20-14-22-19(13-23-20)21(26)25(2)15-16-7-5-4-6-8-16/h4-14H,3,15H2,1-2H3,(H,23,24). The lowest BCUT2D eigenvalue weighted by Crippen LogP contribution is -2.27. The van der Waals surface area contributed by atoms with Crippen molar-refractivity contribution in [1.29, 1.82) is 0 Å². The molecule has 0 saturated carbocycles. The SMILES string of the molecule is CCOc1ccc(Nc2cnc(C(=O)N(C)Cc3ccccc3)cn2)cc1. The number of anilines is 2. The summed E-state index contributed by atoms with van der Waals surface area (Å²) in [5.74, 6) is 1.22. The van der Waals surface area contributed by atoms with E-state index in [9.17, 15) is 4.79 Å². The number of hydrogen-bond acceptors (Lipinski definition) is 5. The number of carbonyl (C=O) groups is 1. The van der Waals surface area contributed by atoms with Crippen LogP contribution in [-0.2, 0) is 6.54 Å². The Hall–Kier alpha value is -3.41. The van der Waals surface area contributed by atoms with E-state index in [1.54, 1.807) is 18.1 Å². The van der Waals surface area contributed by atoms with Crippen LogP contribution in [0.15, 0.2) is 67.0 Å². The van der Waals surface area contributed by atoms with E-state index in [2.05, 4.69) is 15.3 Å². The number of ether oxygens (including phenoxy) is 1. The molecule has 0 unspecified atom stereocenters. The largest absolute Gasteiger partial charge is 0.494 e. The number of benzene rings is 2. The van der Waals surface area contributed by atoms with E-state index in [0.29, 0.717) is 24.7 Å². The lowest BCUT2D eigenvalue weighted by atomic mass is 10.2. The van der Waals surface area contributed by atoms with Crippen LogP contribution in [0.4, 0.5) is 11.5 Å². The second kappa shape index (κ2) is 8.80. The molecule has 6 nitrogen and oxygen atoms in total. The number of aromatic nitrogens is 2. The van der Waals surface area contributed by atoms with Gasteiger partial charge in [-0.15, -0.1) is 0 Å². The first kappa shape index (κ1) is 18.4. The summed E-state index contributed by atoms with van der Waals surface area (Å²) in [6.45, 7) is 3.10. The fourth-order valence-electron chi connectivity index (χ4n) is 2.58. The zero-order valence-electron chi connectivity index (χ0n) is 15.4. The molecule has 0 aliphatic rings. The molecular weight excluding hydrogens is 340 g/mol. The second-order valence-corrected chi connectivity index (χ2v) is 6.02. The van der Waals surface area contributed by atoms with Crippen molar-refractivity contribution in [2.24, 2.45) is 0 Å². The molecule has 0 spiro atoms. The maximum atomic E-state index is 12.5. The quantitative estimate of drug-likeness (QED) is 0.691. The minimum absolute atomic E-state index is 0.168. The van der Waals surface area contributed by atoms with Gasteiger partial charge in [-0.3, -0.25) is 4.79 Å². The van der Waals surface area contributed by atoms with Gasteiger partial charge in [0.1, 0.15) is 17.3 Å². The Bertz CT molecular complexity index is 865. The molecule has 1 aromatic heterocycles. The van der Waals surface area contributed by atoms with Crippen LogP contribution in [-0.4, -0.2) is 34.4 Å². The van der Waals surface area contributed by atoms with Crippen LogP contribution in [0.3, 0.4) is 0 Å². The van der Waals surface area contributed by atoms with E-state index in [-0.39, 0.29) is 5.91 Å². The van der Waals surface area contributed by atoms with E-state index in [0.717, 1.165) is 17.0 Å². The van der Waals surface area contributed by atoms with E-state index < -0.39 is 0 Å². The molecule has 1 amide bonds. The average molecular weight is 362 g/mol. The molecule has 1 heterocycles. The molecule has 0 saturated heterocycles. The van der Waals surface area contributed by atoms with Crippen LogP contribution in [0.5, 0.6) is 5.75 Å². The Morgan fingerprint density at radius 1 is 1.04 bits per heavy atom. The van der Waals surface area contributed by atoms with Gasteiger partial charge in [0.25, 0.3) is 5.91 Å². The highest BCUT2D eigenvalue weighted by Gasteiger charge is 2.14. The number of carbonyl (C=O) groups excluding carboxylic acids is 1. The maximum Gasteiger partial charge on any atom is 0.274 e. The summed E-state index contributed by atoms with van der Waals surface area (Å²) in [5, 5.41) is 3.15. The molecule has 6 heteroatoms. The maximum absolute atomic E-state index is 12.5. The van der Waals surface area contributed by atoms with Gasteiger partial charge in [0, 0.05) is 19.3 Å². The van der Waals surface area contributed by atoms with Crippen molar-refractivity contribution >= 4 is 17.4 Å². The average Bonchev–Trinajstić information content (AvgIpc) is 2.70. The van der Waals surface area contributed by atoms with E-state index >= 15 is 0 Å². The number of nitrogens with zero attached hydrogens (tertiary/aromatic N) is 3. The van der Waals surface area contributed by atoms with Crippen molar-refractivity contribution in [2.75, 3.05) is 19.0 Å². The van der Waals surface area contributed by atoms with E-state index in [1.807, 2.05) is 61.5 Å². The van der Waals surface area contributed by atoms with Crippen molar-refractivity contribution in [2.45, 2.75) is 13.5 Å². The number of nitrogens with one attached hydrogen (secondary N) is 1. The molecule has 3 rings (SSSR count). The van der Waals surface area contributed by atoms with E-state index in [4.69, 9.17) is 4.74 Å². The molecule has 27 heavy (non-hydrogen) atoms. The van der Waals surface area contributed by atoms with Crippen molar-refractivity contribution in [3.05, 3.63) is 78.2 Å². The van der Waals surface area contributed by atoms with Gasteiger partial charge in [-0.1, -0.05) is 30.3 Å². The first-order valence-electron chi connectivity index (χ1n) is 8.77. The van der Waals surface area contributed by atoms with Gasteiger partial charge in [-0.2, -0.15) is 0 Å². The summed E-state index contributed by atoms with van der Waals surface area (Å²) >= 11 is 0. The molecule has 0 fully saturated rings. The fourth-order valence-corrected chi connectivity index (χ4v) is 2.58. The van der Waals surface area contributed by atoms with Gasteiger partial charge in [0.05, 0.1) is 19.0 Å². The van der Waals surface area contributed by atoms with Crippen molar-refractivity contribution in [3.8, 4) is 5.75 Å². The molecule has 0 bridgehead atoms. The molecule has 3 aromatic rings. The summed E-state index contributed by atoms with van der Waals surface area (Å²) < 4.78 is 5.42. The first-order valence-corrected chi connectivity index (χ1v) is 8.77. The van der Waals surface area contributed by atoms with Crippen LogP contribution in [0, 0.1) is 0 Å². The van der Waals surface area contributed by atoms with Gasteiger partial charge >= 0.3 is 0 Å². The Balaban J connectivity index is 1.61. The smallest absolute Gasteiger partial charge is 0.274 e. The minimum atomic E-state index is -0.168. The lowest BCUT2D eigenvalue weighted by Gasteiger charge is -2.16. The van der Waals surface area contributed by atoms with Gasteiger partial charge < -0.3 is 15.0 Å². The van der Waals surface area contributed by atoms with Crippen LogP contribution in [0.1, 0.15) is 23.0 Å². The number of rotatable bonds is 7. The topological polar surface area (TPSA) is 67.3 Å². The summed E-state index contributed by atoms with van der Waals surface area (Å²) in [7, 11) is 1.75. The molecule has 2 aromatic carbocycles. The normalized spacial score (nSPS) is 10.3. The highest BCUT2D eigenvalue weighted by atomic mass is 16.5. The zero-order valence-corrected chi connectivity index (χ0v) is 15.4. The Morgan fingerprint density at radius 3 is 2.41 bits per heavy atom. The summed E-state index contributed by atoms with van der Waals surface area (Å²) in [5.41, 5.74) is 2.24. The Morgan fingerprint density at radius 2 is 1.78 bits per heavy atom. The molecular formula is C21H22N4O2. The fraction of sp³-hybridized carbons (Fsp3) is 0.190. The monoisotopic (exact) mass is 362 g/mol. The molecule has 0 atom stereocenters. The van der Waals surface area contributed by atoms with Gasteiger partial charge in [0.2, 0.25) is 0 Å². The van der Waals surface area contributed by atoms with Crippen molar-refractivity contribution in [3.63, 3.8) is 0 Å². The Kier molecular flexibility index (Phi) is 5.99. The molecule has 0 aliphatic carbocycles. The molecule has 0 radical (unpaired) electrons. The highest BCUT2D eigenvalue weighted by molar-refractivity contribution is 5.91. The third-order valence-electron chi connectivity index (χ3n) is 3.92. The third-order valence-corrected chi connectivity index (χ3v) is 3.92. The van der Waals surface area contributed by atoms with Crippen molar-refractivity contribution < 1.29 is 9.53 Å². The zero-order chi connectivity index (χ0) is 19.1. The summed E-state index contributed by atoms with van der Waals surface area (Å²) in [6, 6.07) is 17.4. The predicted molar refractivity (Wildman–Crippen MR) is 105 cm³/mol. The lowest BCUT2D eigenvalue weighted by molar-refractivity contribution is 0.0779. The number of hydrogen-bond donors (Lipinski definition) is 1. The first-order chi connectivity index (χ1) is 13.2. The van der Waals surface area contributed by atoms with Gasteiger partial charge in [0.15, 0.2) is 0 Å². The van der Waals surface area contributed by atoms with Crippen LogP contribution in [0.25, 0.3) is 0 Å². The predicted octanol–water partition coefficient (Wildman–Crippen LogP) is 3.89. The third kappa shape index (κ3) is 5.04. The van der Waals surface area contributed by atoms with Crippen molar-refractivity contribution in [1.82, 2.24) is 14.9 Å². The summed E-state index contributed by atoms with van der Waals surface area (Å²) in [6.07, 6.45) is 3.04. The van der Waals surface area contributed by atoms with Crippen LogP contribution >= 0.6 is 0 Å². The second-order valence-electron chi connectivity index (χ2n) is 6.02. The molecule has 0 aliphatic heterocycles. The van der Waals surface area contributed by atoms with Crippen LogP contribution < -0.4 is 10.1 Å². The van der Waals surface area contributed by atoms with Gasteiger partial charge in [-0.25, -0.2) is 9.97 Å².